The molecule has 7 rings (SSSR count). The Morgan fingerprint density at radius 2 is 1.85 bits per heavy atom. The highest BCUT2D eigenvalue weighted by Gasteiger charge is 2.82. The molecule has 0 aromatic heterocycles. The summed E-state index contributed by atoms with van der Waals surface area (Å²) in [6, 6.07) is 7.80. The number of anilines is 1. The number of carboxylic acids is 2. The van der Waals surface area contributed by atoms with Crippen LogP contribution in [-0.4, -0.2) is 98.2 Å². The minimum absolute atomic E-state index is 0.171. The van der Waals surface area contributed by atoms with E-state index in [2.05, 4.69) is 59.9 Å². The number of likely N-dealkylation sites (N-methyl/N-ethyl adjacent to an activating group) is 1. The fraction of sp³-hybridized carbons (Fsp3) is 0.733. The van der Waals surface area contributed by atoms with Gasteiger partial charge in [-0.05, 0) is 48.9 Å². The Balaban J connectivity index is 0.000000292. The van der Waals surface area contributed by atoms with Gasteiger partial charge in [0.25, 0.3) is 0 Å². The molecule has 1 saturated carbocycles. The third kappa shape index (κ3) is 4.21. The van der Waals surface area contributed by atoms with E-state index in [9.17, 15) is 24.9 Å². The lowest BCUT2D eigenvalue weighted by Crippen LogP contribution is -2.83. The first-order chi connectivity index (χ1) is 19.4. The minimum Gasteiger partial charge on any atom is -0.547 e. The van der Waals surface area contributed by atoms with Crippen LogP contribution in [0.15, 0.2) is 22.7 Å². The van der Waals surface area contributed by atoms with Crippen LogP contribution in [0.4, 0.5) is 5.69 Å². The van der Waals surface area contributed by atoms with Crippen LogP contribution in [0.1, 0.15) is 64.4 Å². The molecule has 5 heterocycles. The third-order valence-electron chi connectivity index (χ3n) is 11.4. The van der Waals surface area contributed by atoms with Crippen molar-refractivity contribution in [3.63, 3.8) is 0 Å². The number of fused-ring (bicyclic) bond motifs is 2. The fourth-order valence-corrected chi connectivity index (χ4v) is 10.3. The summed E-state index contributed by atoms with van der Waals surface area (Å²) in [4.78, 5) is 21.9. The number of aliphatic hydroxyl groups is 4. The van der Waals surface area contributed by atoms with Crippen molar-refractivity contribution in [1.82, 2.24) is 0 Å². The molecule has 5 bridgehead atoms. The van der Waals surface area contributed by atoms with E-state index in [1.165, 1.54) is 43.4 Å². The second-order valence-electron chi connectivity index (χ2n) is 12.8. The number of piperidine rings is 4. The Labute approximate surface area is 249 Å². The molecule has 6 aliphatic rings. The van der Waals surface area contributed by atoms with Gasteiger partial charge in [-0.3, -0.25) is 4.48 Å². The highest BCUT2D eigenvalue weighted by Crippen LogP contribution is 2.71. The Morgan fingerprint density at radius 3 is 2.44 bits per heavy atom. The number of hydrogen-bond donors (Lipinski definition) is 5. The average molecular weight is 640 g/mol. The molecular weight excluding hydrogens is 596 g/mol. The van der Waals surface area contributed by atoms with Crippen molar-refractivity contribution in [2.75, 3.05) is 18.5 Å². The van der Waals surface area contributed by atoms with Gasteiger partial charge in [0.05, 0.1) is 36.1 Å². The van der Waals surface area contributed by atoms with Crippen LogP contribution in [0, 0.1) is 17.8 Å². The summed E-state index contributed by atoms with van der Waals surface area (Å²) >= 11 is 3.72. The molecule has 5 fully saturated rings. The van der Waals surface area contributed by atoms with Gasteiger partial charge in [0.1, 0.15) is 12.1 Å². The monoisotopic (exact) mass is 638 g/mol. The Morgan fingerprint density at radius 1 is 1.15 bits per heavy atom. The Kier molecular flexibility index (Phi) is 8.28. The maximum absolute atomic E-state index is 12.1. The summed E-state index contributed by atoms with van der Waals surface area (Å²) in [5, 5.41) is 58.2. The summed E-state index contributed by atoms with van der Waals surface area (Å²) in [6.45, 7) is 5.61. The van der Waals surface area contributed by atoms with Crippen molar-refractivity contribution in [3.8, 4) is 0 Å². The van der Waals surface area contributed by atoms with Gasteiger partial charge in [-0.15, -0.1) is 0 Å². The standard InChI is InChI=1S/C26H38BrN2O2.C4H6O6/c1-4-6-7-8-11-29-20-13-17(16(5-2)25(29)31)22-21(29)14-26(24(22)30)18-12-15(27)9-10-19(18)28(3)23(20)26;5-1(3(7)8)2(6)4(9)10/h9-10,12,16-17,20-25,30-31H,4-8,11,13-14H2,1-3H3;1-2,5-6H,(H,7,8)(H,9,10)/q+1;/p-1/t16-,17?,20+,21+,22?,23-,24-,25+,26?,29?;1-,2-/m01/s1. The lowest BCUT2D eigenvalue weighted by Gasteiger charge is -2.68. The van der Waals surface area contributed by atoms with Gasteiger partial charge in [0.15, 0.2) is 12.3 Å². The van der Waals surface area contributed by atoms with Crippen molar-refractivity contribution in [1.29, 1.82) is 0 Å². The molecule has 4 unspecified atom stereocenters. The molecule has 0 amide bonds. The quantitative estimate of drug-likeness (QED) is 0.196. The van der Waals surface area contributed by atoms with Gasteiger partial charge < -0.3 is 40.3 Å². The van der Waals surface area contributed by atoms with Crippen LogP contribution in [0.25, 0.3) is 0 Å². The summed E-state index contributed by atoms with van der Waals surface area (Å²) in [7, 11) is 2.25. The van der Waals surface area contributed by atoms with Gasteiger partial charge in [-0.2, -0.15) is 0 Å². The van der Waals surface area contributed by atoms with E-state index in [1.54, 1.807) is 0 Å². The van der Waals surface area contributed by atoms with Gasteiger partial charge in [0, 0.05) is 41.9 Å². The molecule has 228 valence electrons. The Bertz CT molecular complexity index is 1170. The smallest absolute Gasteiger partial charge is 0.335 e. The van der Waals surface area contributed by atoms with Crippen molar-refractivity contribution in [2.45, 2.75) is 107 Å². The summed E-state index contributed by atoms with van der Waals surface area (Å²) in [6.07, 6.45) is 2.95. The van der Waals surface area contributed by atoms with Crippen LogP contribution in [-0.2, 0) is 15.0 Å². The lowest BCUT2D eigenvalue weighted by atomic mass is 9.60. The number of aliphatic carboxylic acids is 2. The van der Waals surface area contributed by atoms with Crippen LogP contribution in [0.5, 0.6) is 0 Å². The van der Waals surface area contributed by atoms with E-state index in [0.29, 0.717) is 29.8 Å². The largest absolute Gasteiger partial charge is 0.547 e. The van der Waals surface area contributed by atoms with Gasteiger partial charge >= 0.3 is 5.97 Å². The first-order valence-corrected chi connectivity index (χ1v) is 15.7. The van der Waals surface area contributed by atoms with Gasteiger partial charge in [0.2, 0.25) is 0 Å². The number of benzene rings is 1. The molecule has 1 aromatic rings. The van der Waals surface area contributed by atoms with Crippen molar-refractivity contribution in [3.05, 3.63) is 28.2 Å². The third-order valence-corrected chi connectivity index (χ3v) is 11.9. The van der Waals surface area contributed by atoms with E-state index < -0.39 is 24.1 Å². The van der Waals surface area contributed by atoms with Crippen molar-refractivity contribution in [2.24, 2.45) is 17.8 Å². The zero-order valence-electron chi connectivity index (χ0n) is 23.9. The number of carbonyl (C=O) groups is 2. The highest BCUT2D eigenvalue weighted by molar-refractivity contribution is 9.10. The van der Waals surface area contributed by atoms with Gasteiger partial charge in [-0.25, -0.2) is 4.79 Å². The van der Waals surface area contributed by atoms with Crippen molar-refractivity contribution >= 4 is 33.6 Å². The van der Waals surface area contributed by atoms with Gasteiger partial charge in [-0.1, -0.05) is 42.6 Å². The van der Waals surface area contributed by atoms with E-state index in [0.717, 1.165) is 28.3 Å². The molecule has 4 saturated heterocycles. The average Bonchev–Trinajstić information content (AvgIpc) is 3.32. The number of hydrogen-bond acceptors (Lipinski definition) is 8. The minimum atomic E-state index is -2.38. The number of rotatable bonds is 9. The SMILES string of the molecule is CCCCCC[N+]12[C@@H]3CC45c6cc(Br)ccc6N(C)[C@H]4[C@H]1CC(C3[C@@H]5O)[C@H](CC)[C@H]2O.O=C([O-])[C@H](O)[C@@H](O)C(=O)O. The molecule has 41 heavy (non-hydrogen) atoms. The Hall–Kier alpha value is -1.76. The molecule has 11 heteroatoms. The van der Waals surface area contributed by atoms with Crippen LogP contribution >= 0.6 is 15.9 Å². The zero-order chi connectivity index (χ0) is 30.0. The number of unbranched alkanes of at least 4 members (excludes halogenated alkanes) is 3. The zero-order valence-corrected chi connectivity index (χ0v) is 25.5. The summed E-state index contributed by atoms with van der Waals surface area (Å²) in [5.41, 5.74) is 2.48. The molecule has 12 atom stereocenters. The molecule has 1 aromatic carbocycles. The first kappa shape index (κ1) is 30.7. The molecule has 0 radical (unpaired) electrons. The van der Waals surface area contributed by atoms with E-state index in [1.807, 2.05) is 0 Å². The second kappa shape index (κ2) is 11.1. The van der Waals surface area contributed by atoms with Crippen LogP contribution in [0.2, 0.25) is 0 Å². The molecule has 5 N–H and O–H groups in total. The van der Waals surface area contributed by atoms with E-state index >= 15 is 0 Å². The maximum Gasteiger partial charge on any atom is 0.335 e. The number of aliphatic hydroxyl groups excluding tert-OH is 4. The maximum atomic E-state index is 12.1. The predicted octanol–water partition coefficient (Wildman–Crippen LogP) is 0.955. The molecule has 5 aliphatic heterocycles. The molecule has 1 spiro atoms. The number of carboxylic acid groups (broad SMARTS) is 2. The normalized spacial score (nSPS) is 40.4. The van der Waals surface area contributed by atoms with Crippen LogP contribution in [0.3, 0.4) is 0 Å². The fourth-order valence-electron chi connectivity index (χ4n) is 9.93. The molecule has 10 nitrogen and oxygen atoms in total. The number of quaternary nitrogens is 1. The number of halogens is 1. The number of nitrogens with zero attached hydrogens (tertiary/aromatic N) is 2. The number of carbonyl (C=O) groups excluding carboxylic acids is 1. The molecule has 1 aliphatic carbocycles. The highest BCUT2D eigenvalue weighted by atomic mass is 79.9. The molecular formula is C30H43BrN2O8. The van der Waals surface area contributed by atoms with Crippen molar-refractivity contribution < 1.29 is 44.7 Å². The van der Waals surface area contributed by atoms with E-state index in [-0.39, 0.29) is 23.8 Å². The lowest BCUT2D eigenvalue weighted by molar-refractivity contribution is -1.04. The predicted molar refractivity (Wildman–Crippen MR) is 152 cm³/mol. The topological polar surface area (TPSA) is 162 Å². The summed E-state index contributed by atoms with van der Waals surface area (Å²) in [5.74, 6) is -2.69. The van der Waals surface area contributed by atoms with E-state index in [4.69, 9.17) is 15.3 Å². The second-order valence-corrected chi connectivity index (χ2v) is 13.7. The summed E-state index contributed by atoms with van der Waals surface area (Å²) < 4.78 is 1.99. The van der Waals surface area contributed by atoms with Crippen LogP contribution < -0.4 is 10.0 Å². The first-order valence-electron chi connectivity index (χ1n) is 15.0.